The van der Waals surface area contributed by atoms with Crippen molar-refractivity contribution in [2.24, 2.45) is 0 Å². The summed E-state index contributed by atoms with van der Waals surface area (Å²) < 4.78 is 0. The molecule has 0 aliphatic rings. The Kier molecular flexibility index (Phi) is 127. The number of rotatable bonds is 0. The summed E-state index contributed by atoms with van der Waals surface area (Å²) in [7, 11) is 0. The average Bonchev–Trinajstić information content (AvgIpc) is 0.811. The van der Waals surface area contributed by atoms with E-state index in [-0.39, 0.29) is 51.4 Å². The zero-order chi connectivity index (χ0) is 3.58. The lowest BCUT2D eigenvalue weighted by Gasteiger charge is -1.96. The molecule has 0 spiro atoms. The number of hydrogen-bond donors (Lipinski definition) is 0. The number of carbonyl (C=O) groups excluding carboxylic acids is 1. The molecule has 5 radical (unpaired) electrons. The lowest BCUT2D eigenvalue weighted by Crippen LogP contribution is -2.37. The lowest BCUT2D eigenvalue weighted by molar-refractivity contribution is -0.415. The summed E-state index contributed by atoms with van der Waals surface area (Å²) in [4.78, 5) is 8.33. The second-order valence-electron chi connectivity index (χ2n) is 0.250. The second-order valence-corrected chi connectivity index (χ2v) is 0.250. The third-order valence-electron chi connectivity index (χ3n) is 0. The molecule has 0 fully saturated rings. The molecule has 0 saturated carbocycles. The summed E-state index contributed by atoms with van der Waals surface area (Å²) in [5.41, 5.74) is 0. The molecule has 0 atom stereocenters. The molecule has 7 heteroatoms. The van der Waals surface area contributed by atoms with Crippen LogP contribution in [0.5, 0.6) is 0 Å². The Balaban J connectivity index is -0.00000000750. The van der Waals surface area contributed by atoms with Crippen LogP contribution in [-0.2, 0) is 0 Å². The molecule has 0 aromatic heterocycles. The molecule has 0 aliphatic heterocycles. The van der Waals surface area contributed by atoms with Crippen molar-refractivity contribution in [2.75, 3.05) is 0 Å². The molecule has 0 aliphatic carbocycles. The van der Waals surface area contributed by atoms with E-state index >= 15 is 0 Å². The van der Waals surface area contributed by atoms with Crippen LogP contribution >= 0.6 is 0 Å². The van der Waals surface area contributed by atoms with Gasteiger partial charge in [-0.1, -0.05) is 0 Å². The summed E-state index contributed by atoms with van der Waals surface area (Å²) in [6.07, 6.45) is -2.33. The van der Waals surface area contributed by atoms with Crippen LogP contribution in [0, 0.1) is 0 Å². The van der Waals surface area contributed by atoms with E-state index in [4.69, 9.17) is 15.0 Å². The van der Waals surface area contributed by atoms with E-state index in [9.17, 15) is 0 Å². The zero-order valence-electron chi connectivity index (χ0n) is 3.96. The molecule has 45 valence electrons. The van der Waals surface area contributed by atoms with Crippen LogP contribution in [0.2, 0.25) is 0 Å². The Morgan fingerprint density at radius 3 is 1.25 bits per heavy atom. The maximum Gasteiger partial charge on any atom is 0 e. The van der Waals surface area contributed by atoms with E-state index in [0.29, 0.717) is 0 Å². The van der Waals surface area contributed by atoms with E-state index in [0.717, 1.165) is 0 Å². The van der Waals surface area contributed by atoms with Crippen LogP contribution in [-0.4, -0.2) is 57.5 Å². The Hall–Kier alpha value is 0.489. The van der Waals surface area contributed by atoms with Crippen LogP contribution in [0.15, 0.2) is 0 Å². The molecular formula is CH3AlMgO5-3. The first-order chi connectivity index (χ1) is 1.73. The molecule has 0 aromatic carbocycles. The fraction of sp³-hybridized carbons (Fsp3) is 0. The fourth-order valence-corrected chi connectivity index (χ4v) is 0. The first-order valence-electron chi connectivity index (χ1n) is 0.612. The molecule has 0 saturated heterocycles. The molecule has 0 heterocycles. The number of hydrogen-bond acceptors (Lipinski definition) is 4. The molecule has 0 unspecified atom stereocenters. The molecular weight excluding hydrogens is 143 g/mol. The smallest absolute Gasteiger partial charge is 0 e. The van der Waals surface area contributed by atoms with Crippen molar-refractivity contribution in [2.45, 2.75) is 0 Å². The van der Waals surface area contributed by atoms with Crippen molar-refractivity contribution in [3.63, 3.8) is 0 Å². The standard InChI is InChI=1S/CH2O3.Al.Mg.2H2O/c2-1(3)4;;;;/h(H2,2,3,4);;;2*1H2/p-3. The van der Waals surface area contributed by atoms with Crippen LogP contribution < -0.4 is 10.2 Å². The first kappa shape index (κ1) is 39.1. The van der Waals surface area contributed by atoms with Gasteiger partial charge in [0.1, 0.15) is 0 Å². The van der Waals surface area contributed by atoms with Crippen LogP contribution in [0.4, 0.5) is 4.79 Å². The highest BCUT2D eigenvalue weighted by atomic mass is 27.0. The van der Waals surface area contributed by atoms with Crippen molar-refractivity contribution in [1.29, 1.82) is 0 Å². The summed E-state index contributed by atoms with van der Waals surface area (Å²) in [5.74, 6) is 0. The summed E-state index contributed by atoms with van der Waals surface area (Å²) in [5, 5.41) is 16.7. The maximum atomic E-state index is 8.33. The van der Waals surface area contributed by atoms with Gasteiger partial charge in [0.05, 0.1) is 0 Å². The topological polar surface area (TPSA) is 125 Å². The third kappa shape index (κ3) is 818. The summed E-state index contributed by atoms with van der Waals surface area (Å²) in [6.45, 7) is 0. The maximum absolute atomic E-state index is 8.33. The van der Waals surface area contributed by atoms with Crippen LogP contribution in [0.1, 0.15) is 0 Å². The van der Waals surface area contributed by atoms with Crippen LogP contribution in [0.3, 0.4) is 0 Å². The molecule has 8 heavy (non-hydrogen) atoms. The Morgan fingerprint density at radius 2 is 1.25 bits per heavy atom. The van der Waals surface area contributed by atoms with Gasteiger partial charge in [-0.25, -0.2) is 0 Å². The van der Waals surface area contributed by atoms with Gasteiger partial charge in [-0.15, -0.1) is 0 Å². The zero-order valence-corrected chi connectivity index (χ0v) is 6.53. The minimum Gasteiger partial charge on any atom is -0.870 e. The van der Waals surface area contributed by atoms with E-state index in [1.54, 1.807) is 0 Å². The van der Waals surface area contributed by atoms with Gasteiger partial charge in [-0.05, 0) is 6.16 Å². The minimum atomic E-state index is -2.33. The van der Waals surface area contributed by atoms with Crippen molar-refractivity contribution >= 4 is 46.6 Å². The summed E-state index contributed by atoms with van der Waals surface area (Å²) >= 11 is 0. The lowest BCUT2D eigenvalue weighted by atomic mass is 11.5. The predicted octanol–water partition coefficient (Wildman–Crippen LogP) is -4.21. The predicted molar refractivity (Wildman–Crippen MR) is 22.5 cm³/mol. The number of carbonyl (C=O) groups is 1. The van der Waals surface area contributed by atoms with E-state index in [1.165, 1.54) is 0 Å². The van der Waals surface area contributed by atoms with Gasteiger partial charge >= 0.3 is 0 Å². The molecule has 0 rings (SSSR count). The molecule has 3 N–H and O–H groups in total. The highest BCUT2D eigenvalue weighted by Crippen LogP contribution is 1.21. The van der Waals surface area contributed by atoms with Crippen molar-refractivity contribution in [3.05, 3.63) is 0 Å². The van der Waals surface area contributed by atoms with Gasteiger partial charge in [-0.2, -0.15) is 0 Å². The Bertz CT molecular complexity index is 35.4. The third-order valence-corrected chi connectivity index (χ3v) is 0. The van der Waals surface area contributed by atoms with Crippen molar-refractivity contribution in [1.82, 2.24) is 0 Å². The van der Waals surface area contributed by atoms with E-state index in [1.807, 2.05) is 0 Å². The van der Waals surface area contributed by atoms with Gasteiger partial charge in [0.25, 0.3) is 0 Å². The minimum absolute atomic E-state index is 0. The fourth-order valence-electron chi connectivity index (χ4n) is 0. The van der Waals surface area contributed by atoms with Gasteiger partial charge in [0.15, 0.2) is 0 Å². The normalized spacial score (nSPS) is 3.00. The Labute approximate surface area is 72.6 Å². The molecule has 5 nitrogen and oxygen atoms in total. The van der Waals surface area contributed by atoms with Crippen molar-refractivity contribution < 1.29 is 26.0 Å². The monoisotopic (exact) mass is 146 g/mol. The Morgan fingerprint density at radius 1 is 1.25 bits per heavy atom. The highest BCUT2D eigenvalue weighted by molar-refractivity contribution is 5.76. The summed E-state index contributed by atoms with van der Waals surface area (Å²) in [6, 6.07) is 0. The average molecular weight is 146 g/mol. The largest absolute Gasteiger partial charge is 0.870 e. The first-order valence-corrected chi connectivity index (χ1v) is 0.612. The van der Waals surface area contributed by atoms with E-state index in [2.05, 4.69) is 0 Å². The van der Waals surface area contributed by atoms with Gasteiger partial charge in [0, 0.05) is 40.4 Å². The highest BCUT2D eigenvalue weighted by Gasteiger charge is 1.26. The van der Waals surface area contributed by atoms with Gasteiger partial charge < -0.3 is 26.0 Å². The number of carboxylic acid groups (broad SMARTS) is 2. The molecule has 0 amide bonds. The van der Waals surface area contributed by atoms with E-state index < -0.39 is 6.16 Å². The quantitative estimate of drug-likeness (QED) is 0.321. The second kappa shape index (κ2) is 25.9. The molecule has 0 bridgehead atoms. The van der Waals surface area contributed by atoms with Crippen LogP contribution in [0.25, 0.3) is 0 Å². The van der Waals surface area contributed by atoms with Crippen molar-refractivity contribution in [3.8, 4) is 0 Å². The van der Waals surface area contributed by atoms with Gasteiger partial charge in [0.2, 0.25) is 0 Å². The SMILES string of the molecule is O.O=C([O-])[O-].[Al].[Mg].[OH-]. The molecule has 0 aromatic rings. The van der Waals surface area contributed by atoms with Gasteiger partial charge in [-0.3, -0.25) is 0 Å².